The second-order valence-corrected chi connectivity index (χ2v) is 7.91. The van der Waals surface area contributed by atoms with Crippen molar-refractivity contribution in [2.24, 2.45) is 17.8 Å². The fourth-order valence-electron chi connectivity index (χ4n) is 2.38. The number of carbonyl (C=O) groups excluding carboxylic acids is 1. The summed E-state index contributed by atoms with van der Waals surface area (Å²) in [5.41, 5.74) is 2.68. The molecule has 1 heteroatoms. The van der Waals surface area contributed by atoms with Gasteiger partial charge in [0.1, 0.15) is 5.78 Å². The summed E-state index contributed by atoms with van der Waals surface area (Å²) in [6.07, 6.45) is 6.57. The zero-order valence-corrected chi connectivity index (χ0v) is 22.5. The first-order valence-electron chi connectivity index (χ1n) is 12.2. The summed E-state index contributed by atoms with van der Waals surface area (Å²) in [6, 6.07) is 8.45. The summed E-state index contributed by atoms with van der Waals surface area (Å²) in [5.74, 6) is 1.75. The molecule has 0 aromatic heterocycles. The third-order valence-corrected chi connectivity index (χ3v) is 4.23. The lowest BCUT2D eigenvalue weighted by atomic mass is 9.95. The van der Waals surface area contributed by atoms with E-state index in [1.807, 2.05) is 55.4 Å². The van der Waals surface area contributed by atoms with Crippen molar-refractivity contribution in [1.82, 2.24) is 0 Å². The molecule has 1 atom stereocenters. The van der Waals surface area contributed by atoms with Crippen LogP contribution in [0.1, 0.15) is 119 Å². The van der Waals surface area contributed by atoms with Crippen LogP contribution >= 0.6 is 0 Å². The van der Waals surface area contributed by atoms with E-state index in [0.29, 0.717) is 5.78 Å². The fourth-order valence-corrected chi connectivity index (χ4v) is 2.38. The van der Waals surface area contributed by atoms with Gasteiger partial charge in [-0.05, 0) is 26.2 Å². The van der Waals surface area contributed by atoms with Crippen molar-refractivity contribution >= 4 is 5.78 Å². The van der Waals surface area contributed by atoms with Gasteiger partial charge in [-0.3, -0.25) is 4.79 Å². The van der Waals surface area contributed by atoms with E-state index in [1.54, 1.807) is 0 Å². The third-order valence-electron chi connectivity index (χ3n) is 4.23. The number of ketones is 1. The maximum Gasteiger partial charge on any atom is 0.138 e. The van der Waals surface area contributed by atoms with Crippen LogP contribution in [0.5, 0.6) is 0 Å². The Balaban J connectivity index is -0.000000149. The Kier molecular flexibility index (Phi) is 32.8. The average molecular weight is 409 g/mol. The molecule has 0 heterocycles. The summed E-state index contributed by atoms with van der Waals surface area (Å²) in [5, 5.41) is 0. The molecule has 174 valence electrons. The van der Waals surface area contributed by atoms with Crippen LogP contribution in [0.25, 0.3) is 0 Å². The Morgan fingerprint density at radius 1 is 0.828 bits per heavy atom. The van der Waals surface area contributed by atoms with E-state index in [9.17, 15) is 4.79 Å². The first kappa shape index (κ1) is 35.3. The molecular weight excluding hydrogens is 352 g/mol. The van der Waals surface area contributed by atoms with Crippen LogP contribution in [0.3, 0.4) is 0 Å². The van der Waals surface area contributed by atoms with Crippen LogP contribution in [0.2, 0.25) is 0 Å². The second-order valence-electron chi connectivity index (χ2n) is 7.91. The van der Waals surface area contributed by atoms with Crippen LogP contribution in [0.15, 0.2) is 24.3 Å². The van der Waals surface area contributed by atoms with E-state index < -0.39 is 0 Å². The Morgan fingerprint density at radius 3 is 1.48 bits per heavy atom. The topological polar surface area (TPSA) is 17.1 Å². The van der Waals surface area contributed by atoms with Crippen LogP contribution in [-0.4, -0.2) is 5.78 Å². The number of benzene rings is 1. The average Bonchev–Trinajstić information content (AvgIpc) is 2.70. The highest BCUT2D eigenvalue weighted by atomic mass is 16.1. The highest BCUT2D eigenvalue weighted by Gasteiger charge is 2.13. The van der Waals surface area contributed by atoms with Crippen molar-refractivity contribution in [3.05, 3.63) is 35.4 Å². The van der Waals surface area contributed by atoms with Crippen molar-refractivity contribution < 1.29 is 4.79 Å². The Bertz CT molecular complexity index is 414. The van der Waals surface area contributed by atoms with Gasteiger partial charge in [0.25, 0.3) is 0 Å². The molecule has 0 aliphatic carbocycles. The van der Waals surface area contributed by atoms with Gasteiger partial charge in [0.2, 0.25) is 0 Å². The number of aryl methyl sites for hydroxylation is 2. The Labute approximate surface area is 186 Å². The highest BCUT2D eigenvalue weighted by molar-refractivity contribution is 5.82. The van der Waals surface area contributed by atoms with E-state index in [0.717, 1.165) is 12.3 Å². The molecule has 1 aromatic rings. The third kappa shape index (κ3) is 29.2. The molecule has 1 rings (SSSR count). The Morgan fingerprint density at radius 2 is 1.28 bits per heavy atom. The number of Topliss-reactive ketones (excluding diaryl/α,β-unsaturated/α-hetero) is 1. The summed E-state index contributed by atoms with van der Waals surface area (Å²) < 4.78 is 0. The van der Waals surface area contributed by atoms with Crippen LogP contribution in [0, 0.1) is 31.6 Å². The van der Waals surface area contributed by atoms with Crippen LogP contribution in [-0.2, 0) is 4.79 Å². The van der Waals surface area contributed by atoms with Crippen LogP contribution < -0.4 is 0 Å². The molecule has 1 aromatic carbocycles. The molecule has 0 saturated heterocycles. The maximum absolute atomic E-state index is 11.1. The molecule has 0 amide bonds. The lowest BCUT2D eigenvalue weighted by Gasteiger charge is -2.08. The summed E-state index contributed by atoms with van der Waals surface area (Å²) >= 11 is 0. The van der Waals surface area contributed by atoms with E-state index in [1.165, 1.54) is 36.8 Å². The molecule has 0 saturated carbocycles. The van der Waals surface area contributed by atoms with E-state index in [4.69, 9.17) is 0 Å². The van der Waals surface area contributed by atoms with E-state index >= 15 is 0 Å². The summed E-state index contributed by atoms with van der Waals surface area (Å²) in [6.45, 7) is 27.0. The highest BCUT2D eigenvalue weighted by Crippen LogP contribution is 2.09. The van der Waals surface area contributed by atoms with Gasteiger partial charge in [0.15, 0.2) is 0 Å². The number of hydrogen-bond donors (Lipinski definition) is 0. The first-order chi connectivity index (χ1) is 13.6. The van der Waals surface area contributed by atoms with Gasteiger partial charge in [0, 0.05) is 11.8 Å². The smallest absolute Gasteiger partial charge is 0.138 e. The molecule has 0 bridgehead atoms. The first-order valence-corrected chi connectivity index (χ1v) is 12.2. The molecular formula is C28H56O. The standard InChI is InChI=1S/C8H16O.C8H10.C8H18.2C2H6/c1-5-7(4)8(9)6(2)3;1-7-4-3-5-8(2)6-7;1-4-5-6-7-8(2)3;2*1-2/h6-7H,5H2,1-4H3;3-6H,1-2H3;8H,4-7H2,1-3H3;2*1-2H3. The predicted octanol–water partition coefficient (Wildman–Crippen LogP) is 9.84. The number of unbranched alkanes of at least 4 members (excludes halogenated alkanes) is 2. The number of hydrogen-bond acceptors (Lipinski definition) is 1. The fraction of sp³-hybridized carbons (Fsp3) is 0.750. The van der Waals surface area contributed by atoms with Crippen molar-refractivity contribution in [2.75, 3.05) is 0 Å². The molecule has 0 fully saturated rings. The predicted molar refractivity (Wildman–Crippen MR) is 137 cm³/mol. The minimum absolute atomic E-state index is 0.208. The van der Waals surface area contributed by atoms with Crippen molar-refractivity contribution in [3.8, 4) is 0 Å². The second kappa shape index (κ2) is 26.9. The van der Waals surface area contributed by atoms with Gasteiger partial charge in [-0.1, -0.05) is 137 Å². The van der Waals surface area contributed by atoms with Gasteiger partial charge in [0.05, 0.1) is 0 Å². The van der Waals surface area contributed by atoms with Crippen molar-refractivity contribution in [2.45, 2.75) is 122 Å². The largest absolute Gasteiger partial charge is 0.299 e. The zero-order valence-electron chi connectivity index (χ0n) is 22.5. The minimum atomic E-state index is 0.208. The van der Waals surface area contributed by atoms with Crippen LogP contribution in [0.4, 0.5) is 0 Å². The normalized spacial score (nSPS) is 10.2. The maximum atomic E-state index is 11.1. The quantitative estimate of drug-likeness (QED) is 0.410. The van der Waals surface area contributed by atoms with E-state index in [2.05, 4.69) is 58.9 Å². The van der Waals surface area contributed by atoms with Crippen molar-refractivity contribution in [1.29, 1.82) is 0 Å². The molecule has 0 aliphatic rings. The van der Waals surface area contributed by atoms with E-state index in [-0.39, 0.29) is 11.8 Å². The molecule has 0 aliphatic heterocycles. The lowest BCUT2D eigenvalue weighted by Crippen LogP contribution is -2.15. The SMILES string of the molecule is CC.CC.CCC(C)C(=O)C(C)C.CCCCCC(C)C.Cc1cccc(C)c1. The molecule has 0 N–H and O–H groups in total. The molecule has 1 unspecified atom stereocenters. The van der Waals surface area contributed by atoms with Gasteiger partial charge < -0.3 is 0 Å². The number of rotatable bonds is 7. The Hall–Kier alpha value is -1.11. The van der Waals surface area contributed by atoms with Gasteiger partial charge in [-0.15, -0.1) is 0 Å². The molecule has 0 radical (unpaired) electrons. The lowest BCUT2D eigenvalue weighted by molar-refractivity contribution is -0.125. The van der Waals surface area contributed by atoms with Gasteiger partial charge in [-0.25, -0.2) is 0 Å². The summed E-state index contributed by atoms with van der Waals surface area (Å²) in [7, 11) is 0. The monoisotopic (exact) mass is 408 g/mol. The zero-order chi connectivity index (χ0) is 23.8. The van der Waals surface area contributed by atoms with Gasteiger partial charge >= 0.3 is 0 Å². The van der Waals surface area contributed by atoms with Gasteiger partial charge in [-0.2, -0.15) is 0 Å². The molecule has 1 nitrogen and oxygen atoms in total. The number of carbonyl (C=O) groups is 1. The van der Waals surface area contributed by atoms with Crippen molar-refractivity contribution in [3.63, 3.8) is 0 Å². The molecule has 0 spiro atoms. The molecule has 29 heavy (non-hydrogen) atoms. The minimum Gasteiger partial charge on any atom is -0.299 e. The summed E-state index contributed by atoms with van der Waals surface area (Å²) in [4.78, 5) is 11.1.